The number of nitrogens with one attached hydrogen (secondary N) is 2. The van der Waals surface area contributed by atoms with Crippen LogP contribution in [0.3, 0.4) is 0 Å². The summed E-state index contributed by atoms with van der Waals surface area (Å²) in [5.41, 5.74) is 4.05. The zero-order valence-electron chi connectivity index (χ0n) is 22.0. The Kier molecular flexibility index (Phi) is 10.1. The number of nitrogens with zero attached hydrogens (tertiary/aromatic N) is 3. The second-order valence-corrected chi connectivity index (χ2v) is 8.59. The van der Waals surface area contributed by atoms with Gasteiger partial charge in [0.25, 0.3) is 5.92 Å². The fraction of sp³-hybridized carbons (Fsp3) is 0.321. The maximum absolute atomic E-state index is 12.7. The second kappa shape index (κ2) is 13.5. The average molecular weight is 526 g/mol. The van der Waals surface area contributed by atoms with Gasteiger partial charge in [-0.1, -0.05) is 19.1 Å². The van der Waals surface area contributed by atoms with Gasteiger partial charge in [0.1, 0.15) is 17.6 Å². The summed E-state index contributed by atoms with van der Waals surface area (Å²) in [5, 5.41) is 5.46. The number of alkyl halides is 2. The van der Waals surface area contributed by atoms with Gasteiger partial charge in [0, 0.05) is 50.3 Å². The molecule has 0 bridgehead atoms. The number of fused-ring (bicyclic) bond motifs is 1. The molecular weight excluding hydrogens is 492 g/mol. The highest BCUT2D eigenvalue weighted by molar-refractivity contribution is 5.81. The van der Waals surface area contributed by atoms with Gasteiger partial charge in [-0.3, -0.25) is 4.79 Å². The summed E-state index contributed by atoms with van der Waals surface area (Å²) in [5.74, 6) is -1.62. The van der Waals surface area contributed by atoms with Gasteiger partial charge in [-0.25, -0.2) is 13.8 Å². The summed E-state index contributed by atoms with van der Waals surface area (Å²) in [6, 6.07) is 13.6. The molecule has 0 saturated carbocycles. The molecule has 8 nitrogen and oxygen atoms in total. The molecule has 0 spiro atoms. The molecule has 38 heavy (non-hydrogen) atoms. The normalized spacial score (nSPS) is 11.0. The Bertz CT molecular complexity index is 1340. The molecule has 202 valence electrons. The van der Waals surface area contributed by atoms with Crippen LogP contribution in [0.25, 0.3) is 11.0 Å². The summed E-state index contributed by atoms with van der Waals surface area (Å²) < 4.78 is 39.1. The predicted molar refractivity (Wildman–Crippen MR) is 145 cm³/mol. The molecule has 0 aliphatic carbocycles. The molecular formula is C28H33F2N5O3. The van der Waals surface area contributed by atoms with Crippen molar-refractivity contribution in [3.63, 3.8) is 0 Å². The van der Waals surface area contributed by atoms with E-state index in [0.29, 0.717) is 36.9 Å². The van der Waals surface area contributed by atoms with E-state index in [0.717, 1.165) is 42.2 Å². The highest BCUT2D eigenvalue weighted by atomic mass is 19.3. The molecule has 2 heterocycles. The third-order valence-corrected chi connectivity index (χ3v) is 5.63. The van der Waals surface area contributed by atoms with Crippen LogP contribution in [0.4, 0.5) is 20.2 Å². The molecule has 1 amide bonds. The highest BCUT2D eigenvalue weighted by Crippen LogP contribution is 2.30. The van der Waals surface area contributed by atoms with Gasteiger partial charge in [-0.2, -0.15) is 4.98 Å². The van der Waals surface area contributed by atoms with E-state index in [9.17, 15) is 13.6 Å². The van der Waals surface area contributed by atoms with Crippen LogP contribution in [0.2, 0.25) is 0 Å². The van der Waals surface area contributed by atoms with E-state index in [1.807, 2.05) is 29.8 Å². The monoisotopic (exact) mass is 525 g/mol. The first-order valence-electron chi connectivity index (χ1n) is 12.3. The van der Waals surface area contributed by atoms with Crippen molar-refractivity contribution in [3.05, 3.63) is 72.2 Å². The summed E-state index contributed by atoms with van der Waals surface area (Å²) in [4.78, 5) is 19.2. The van der Waals surface area contributed by atoms with Crippen molar-refractivity contribution in [2.24, 2.45) is 0 Å². The molecule has 2 aromatic heterocycles. The van der Waals surface area contributed by atoms with Crippen LogP contribution in [0.5, 0.6) is 11.6 Å². The molecule has 0 aliphatic rings. The number of benzene rings is 2. The summed E-state index contributed by atoms with van der Waals surface area (Å²) >= 11 is 0. The minimum atomic E-state index is -2.76. The lowest BCUT2D eigenvalue weighted by Gasteiger charge is -2.11. The van der Waals surface area contributed by atoms with Crippen LogP contribution >= 0.6 is 0 Å². The number of hydrogen-bond acceptors (Lipinski definition) is 6. The number of rotatable bonds is 11. The maximum Gasteiger partial charge on any atom is 0.270 e. The predicted octanol–water partition coefficient (Wildman–Crippen LogP) is 6.37. The number of halogens is 2. The van der Waals surface area contributed by atoms with E-state index in [4.69, 9.17) is 9.47 Å². The van der Waals surface area contributed by atoms with E-state index in [1.54, 1.807) is 31.3 Å². The lowest BCUT2D eigenvalue weighted by Crippen LogP contribution is -2.06. The van der Waals surface area contributed by atoms with Crippen molar-refractivity contribution in [3.8, 4) is 11.6 Å². The Morgan fingerprint density at radius 3 is 2.61 bits per heavy atom. The summed E-state index contributed by atoms with van der Waals surface area (Å²) in [7, 11) is 1.70. The Balaban J connectivity index is 0.000000279. The van der Waals surface area contributed by atoms with E-state index in [1.165, 1.54) is 18.5 Å². The lowest BCUT2D eigenvalue weighted by molar-refractivity contribution is -0.105. The molecule has 0 aliphatic heterocycles. The first-order valence-corrected chi connectivity index (χ1v) is 12.3. The molecule has 4 aromatic rings. The Labute approximate surface area is 221 Å². The van der Waals surface area contributed by atoms with Gasteiger partial charge in [0.2, 0.25) is 12.3 Å². The second-order valence-electron chi connectivity index (χ2n) is 8.59. The smallest absolute Gasteiger partial charge is 0.270 e. The SMILES string of the molecule is CCCOCCn1ccc2ncnc(Oc3ccc(NC=O)c(C)c3)c21.CNc1cccc(C(C)(F)F)c1. The highest BCUT2D eigenvalue weighted by Gasteiger charge is 2.23. The van der Waals surface area contributed by atoms with Crippen LogP contribution in [0.15, 0.2) is 61.1 Å². The van der Waals surface area contributed by atoms with Crippen molar-refractivity contribution in [2.45, 2.75) is 39.7 Å². The Morgan fingerprint density at radius 1 is 1.11 bits per heavy atom. The third-order valence-electron chi connectivity index (χ3n) is 5.63. The number of anilines is 2. The van der Waals surface area contributed by atoms with Gasteiger partial charge in [-0.15, -0.1) is 0 Å². The number of aryl methyl sites for hydroxylation is 1. The number of carbonyl (C=O) groups is 1. The molecule has 0 atom stereocenters. The minimum Gasteiger partial charge on any atom is -0.437 e. The van der Waals surface area contributed by atoms with Crippen molar-refractivity contribution in [2.75, 3.05) is 30.9 Å². The zero-order chi connectivity index (χ0) is 27.5. The minimum absolute atomic E-state index is 0.0364. The third kappa shape index (κ3) is 7.72. The van der Waals surface area contributed by atoms with Crippen molar-refractivity contribution in [1.29, 1.82) is 0 Å². The number of amides is 1. The maximum atomic E-state index is 12.7. The fourth-order valence-corrected chi connectivity index (χ4v) is 3.66. The molecule has 0 radical (unpaired) electrons. The molecule has 10 heteroatoms. The molecule has 2 N–H and O–H groups in total. The van der Waals surface area contributed by atoms with E-state index < -0.39 is 5.92 Å². The topological polar surface area (TPSA) is 90.3 Å². The largest absolute Gasteiger partial charge is 0.437 e. The Hall–Kier alpha value is -4.05. The van der Waals surface area contributed by atoms with Crippen LogP contribution < -0.4 is 15.4 Å². The van der Waals surface area contributed by atoms with Crippen LogP contribution in [-0.4, -0.2) is 41.2 Å². The van der Waals surface area contributed by atoms with E-state index >= 15 is 0 Å². The number of carbonyl (C=O) groups excluding carboxylic acids is 1. The molecule has 4 rings (SSSR count). The van der Waals surface area contributed by atoms with Gasteiger partial charge < -0.3 is 24.7 Å². The van der Waals surface area contributed by atoms with Crippen molar-refractivity contribution < 1.29 is 23.0 Å². The van der Waals surface area contributed by atoms with E-state index in [2.05, 4.69) is 27.5 Å². The fourth-order valence-electron chi connectivity index (χ4n) is 3.66. The Morgan fingerprint density at radius 2 is 1.92 bits per heavy atom. The van der Waals surface area contributed by atoms with Crippen molar-refractivity contribution >= 4 is 28.8 Å². The summed E-state index contributed by atoms with van der Waals surface area (Å²) in [6.07, 6.45) is 5.11. The standard InChI is InChI=1S/C19H22N4O3.C9H11F2N/c1-3-9-25-10-8-23-7-6-17-18(23)19(21-12-20-17)26-15-4-5-16(22-13-24)14(2)11-15;1-9(10,11)7-4-3-5-8(6-7)12-2/h4-7,11-13H,3,8-10H2,1-2H3,(H,22,24);3-6,12H,1-2H3. The average Bonchev–Trinajstić information content (AvgIpc) is 3.32. The van der Waals surface area contributed by atoms with Gasteiger partial charge in [-0.05, 0) is 55.3 Å². The number of aromatic nitrogens is 3. The van der Waals surface area contributed by atoms with E-state index in [-0.39, 0.29) is 5.56 Å². The van der Waals surface area contributed by atoms with Gasteiger partial charge in [0.05, 0.1) is 12.1 Å². The van der Waals surface area contributed by atoms with Crippen LogP contribution in [0, 0.1) is 6.92 Å². The van der Waals surface area contributed by atoms with Gasteiger partial charge >= 0.3 is 0 Å². The first kappa shape index (κ1) is 28.5. The van der Waals surface area contributed by atoms with Crippen LogP contribution in [-0.2, 0) is 22.0 Å². The molecule has 0 fully saturated rings. The summed E-state index contributed by atoms with van der Waals surface area (Å²) in [6.45, 7) is 6.96. The first-order chi connectivity index (χ1) is 18.3. The van der Waals surface area contributed by atoms with Crippen LogP contribution in [0.1, 0.15) is 31.4 Å². The molecule has 0 unspecified atom stereocenters. The van der Waals surface area contributed by atoms with Crippen molar-refractivity contribution in [1.82, 2.24) is 14.5 Å². The lowest BCUT2D eigenvalue weighted by atomic mass is 10.1. The number of hydrogen-bond donors (Lipinski definition) is 2. The zero-order valence-corrected chi connectivity index (χ0v) is 22.0. The molecule has 2 aromatic carbocycles. The quantitative estimate of drug-likeness (QED) is 0.175. The molecule has 0 saturated heterocycles. The number of ether oxygens (including phenoxy) is 2. The van der Waals surface area contributed by atoms with Gasteiger partial charge in [0.15, 0.2) is 0 Å².